The number of hydrogen-bond donors (Lipinski definition) is 0. The van der Waals surface area contributed by atoms with Gasteiger partial charge in [-0.05, 0) is 50.5 Å². The van der Waals surface area contributed by atoms with Gasteiger partial charge in [-0.15, -0.1) is 0 Å². The van der Waals surface area contributed by atoms with E-state index in [4.69, 9.17) is 9.47 Å². The Morgan fingerprint density at radius 1 is 1.11 bits per heavy atom. The molecule has 0 aliphatic carbocycles. The molecule has 2 aromatic heterocycles. The number of aryl methyl sites for hydroxylation is 1. The molecule has 0 saturated carbocycles. The smallest absolute Gasteiger partial charge is 0.337 e. The highest BCUT2D eigenvalue weighted by Gasteiger charge is 2.19. The van der Waals surface area contributed by atoms with E-state index in [1.54, 1.807) is 29.9 Å². The molecule has 0 unspecified atom stereocenters. The summed E-state index contributed by atoms with van der Waals surface area (Å²) in [5.41, 5.74) is 3.18. The van der Waals surface area contributed by atoms with Crippen LogP contribution in [0.3, 0.4) is 0 Å². The molecule has 0 N–H and O–H groups in total. The van der Waals surface area contributed by atoms with Gasteiger partial charge >= 0.3 is 5.97 Å². The number of thioether (sulfide) groups is 1. The van der Waals surface area contributed by atoms with Crippen molar-refractivity contribution in [3.8, 4) is 0 Å². The molecule has 9 heteroatoms. The van der Waals surface area contributed by atoms with E-state index in [0.717, 1.165) is 24.4 Å². The first-order chi connectivity index (χ1) is 16.7. The molecule has 1 aromatic carbocycles. The minimum absolute atomic E-state index is 0.0187. The molecule has 0 spiro atoms. The highest BCUT2D eigenvalue weighted by Crippen LogP contribution is 2.23. The summed E-state index contributed by atoms with van der Waals surface area (Å²) in [6.07, 6.45) is 0.866. The van der Waals surface area contributed by atoms with Gasteiger partial charge in [0.25, 0.3) is 5.56 Å². The van der Waals surface area contributed by atoms with E-state index in [-0.39, 0.29) is 23.0 Å². The molecule has 2 heterocycles. The summed E-state index contributed by atoms with van der Waals surface area (Å²) in [7, 11) is 2.99. The van der Waals surface area contributed by atoms with Crippen molar-refractivity contribution in [1.29, 1.82) is 0 Å². The number of benzene rings is 1. The topological polar surface area (TPSA) is 92.4 Å². The summed E-state index contributed by atoms with van der Waals surface area (Å²) in [5.74, 6) is -0.155. The van der Waals surface area contributed by atoms with Crippen LogP contribution in [0.15, 0.2) is 34.2 Å². The largest absolute Gasteiger partial charge is 0.465 e. The lowest BCUT2D eigenvalue weighted by Crippen LogP contribution is -2.26. The predicted molar refractivity (Wildman–Crippen MR) is 138 cm³/mol. The molecule has 0 aliphatic rings. The number of aromatic nitrogens is 3. The van der Waals surface area contributed by atoms with Crippen LogP contribution in [0.2, 0.25) is 0 Å². The fraction of sp³-hybridized carbons (Fsp3) is 0.462. The molecule has 8 nitrogen and oxygen atoms in total. The Morgan fingerprint density at radius 3 is 2.51 bits per heavy atom. The number of rotatable bonds is 11. The second-order valence-electron chi connectivity index (χ2n) is 8.92. The number of Topliss-reactive ketones (excluding diaryl/α,β-unsaturated/α-hetero) is 1. The second-order valence-corrected chi connectivity index (χ2v) is 9.86. The Kier molecular flexibility index (Phi) is 8.91. The number of carbonyl (C=O) groups excluding carboxylic acids is 2. The van der Waals surface area contributed by atoms with Crippen LogP contribution in [-0.4, -0.2) is 52.5 Å². The molecule has 188 valence electrons. The van der Waals surface area contributed by atoms with Crippen LogP contribution in [0.25, 0.3) is 10.9 Å². The summed E-state index contributed by atoms with van der Waals surface area (Å²) in [5, 5.41) is 0.883. The molecule has 0 amide bonds. The molecule has 3 rings (SSSR count). The summed E-state index contributed by atoms with van der Waals surface area (Å²) in [6.45, 7) is 9.92. The fourth-order valence-corrected chi connectivity index (χ4v) is 4.98. The quantitative estimate of drug-likeness (QED) is 0.128. The van der Waals surface area contributed by atoms with E-state index in [1.165, 1.54) is 18.9 Å². The number of ketones is 1. The number of nitrogens with zero attached hydrogens (tertiary/aromatic N) is 3. The van der Waals surface area contributed by atoms with E-state index in [2.05, 4.69) is 9.55 Å². The molecule has 0 bridgehead atoms. The Labute approximate surface area is 209 Å². The van der Waals surface area contributed by atoms with Gasteiger partial charge in [-0.2, -0.15) is 0 Å². The van der Waals surface area contributed by atoms with Crippen molar-refractivity contribution in [2.24, 2.45) is 5.92 Å². The summed E-state index contributed by atoms with van der Waals surface area (Å²) >= 11 is 1.24. The van der Waals surface area contributed by atoms with Crippen molar-refractivity contribution in [2.75, 3.05) is 26.6 Å². The normalized spacial score (nSPS) is 11.4. The standard InChI is InChI=1S/C26H33N3O5S/c1-16(2)14-29-24(31)20-9-8-19(25(32)34-6)13-22(20)27-26(29)35-15-23(30)21-12-17(3)28(18(21)4)10-7-11-33-5/h8-9,12-13,16H,7,10-11,14-15H2,1-6H3. The third-order valence-electron chi connectivity index (χ3n) is 5.83. The summed E-state index contributed by atoms with van der Waals surface area (Å²) in [4.78, 5) is 43.1. The first kappa shape index (κ1) is 26.7. The molecule has 0 radical (unpaired) electrons. The zero-order chi connectivity index (χ0) is 25.7. The third kappa shape index (κ3) is 6.02. The van der Waals surface area contributed by atoms with Gasteiger partial charge in [0.1, 0.15) is 0 Å². The van der Waals surface area contributed by atoms with Crippen LogP contribution in [-0.2, 0) is 22.6 Å². The Bertz CT molecular complexity index is 1290. The average Bonchev–Trinajstić information content (AvgIpc) is 3.12. The van der Waals surface area contributed by atoms with Crippen molar-refractivity contribution in [1.82, 2.24) is 14.1 Å². The number of hydrogen-bond acceptors (Lipinski definition) is 7. The van der Waals surface area contributed by atoms with E-state index < -0.39 is 5.97 Å². The number of ether oxygens (including phenoxy) is 2. The molecular formula is C26H33N3O5S. The number of carbonyl (C=O) groups is 2. The van der Waals surface area contributed by atoms with Gasteiger partial charge in [0.05, 0.1) is 29.3 Å². The Balaban J connectivity index is 1.92. The fourth-order valence-electron chi connectivity index (χ4n) is 4.08. The van der Waals surface area contributed by atoms with Crippen molar-refractivity contribution in [2.45, 2.75) is 52.4 Å². The molecule has 0 fully saturated rings. The summed E-state index contributed by atoms with van der Waals surface area (Å²) < 4.78 is 13.7. The van der Waals surface area contributed by atoms with Gasteiger partial charge in [0.2, 0.25) is 0 Å². The van der Waals surface area contributed by atoms with Crippen LogP contribution in [0.5, 0.6) is 0 Å². The first-order valence-corrected chi connectivity index (χ1v) is 12.6. The van der Waals surface area contributed by atoms with E-state index in [9.17, 15) is 14.4 Å². The van der Waals surface area contributed by atoms with Gasteiger partial charge in [-0.25, -0.2) is 9.78 Å². The highest BCUT2D eigenvalue weighted by molar-refractivity contribution is 7.99. The molecule has 35 heavy (non-hydrogen) atoms. The van der Waals surface area contributed by atoms with Crippen LogP contribution in [0.4, 0.5) is 0 Å². The number of esters is 1. The van der Waals surface area contributed by atoms with Crippen molar-refractivity contribution >= 4 is 34.4 Å². The van der Waals surface area contributed by atoms with Crippen LogP contribution < -0.4 is 5.56 Å². The average molecular weight is 500 g/mol. The Morgan fingerprint density at radius 2 is 1.86 bits per heavy atom. The van der Waals surface area contributed by atoms with Gasteiger partial charge in [0.15, 0.2) is 10.9 Å². The van der Waals surface area contributed by atoms with Crippen molar-refractivity contribution in [3.63, 3.8) is 0 Å². The monoisotopic (exact) mass is 499 g/mol. The lowest BCUT2D eigenvalue weighted by molar-refractivity contribution is 0.0600. The predicted octanol–water partition coefficient (Wildman–Crippen LogP) is 4.27. The minimum Gasteiger partial charge on any atom is -0.465 e. The second kappa shape index (κ2) is 11.7. The van der Waals surface area contributed by atoms with Gasteiger partial charge in [0, 0.05) is 43.8 Å². The molecule has 0 atom stereocenters. The number of fused-ring (bicyclic) bond motifs is 1. The van der Waals surface area contributed by atoms with Crippen LogP contribution in [0.1, 0.15) is 52.4 Å². The van der Waals surface area contributed by atoms with Gasteiger partial charge < -0.3 is 14.0 Å². The molecule has 3 aromatic rings. The van der Waals surface area contributed by atoms with Crippen LogP contribution >= 0.6 is 11.8 Å². The lowest BCUT2D eigenvalue weighted by atomic mass is 10.1. The van der Waals surface area contributed by atoms with E-state index in [1.807, 2.05) is 33.8 Å². The Hall–Kier alpha value is -2.91. The van der Waals surface area contributed by atoms with Crippen molar-refractivity contribution in [3.05, 3.63) is 57.1 Å². The molecular weight excluding hydrogens is 466 g/mol. The first-order valence-electron chi connectivity index (χ1n) is 11.6. The van der Waals surface area contributed by atoms with E-state index in [0.29, 0.717) is 40.3 Å². The maximum Gasteiger partial charge on any atom is 0.337 e. The zero-order valence-electron chi connectivity index (χ0n) is 21.2. The van der Waals surface area contributed by atoms with E-state index >= 15 is 0 Å². The lowest BCUT2D eigenvalue weighted by Gasteiger charge is -2.15. The maximum atomic E-state index is 13.3. The van der Waals surface area contributed by atoms with Crippen molar-refractivity contribution < 1.29 is 19.1 Å². The summed E-state index contributed by atoms with van der Waals surface area (Å²) in [6, 6.07) is 6.64. The molecule has 0 aliphatic heterocycles. The third-order valence-corrected chi connectivity index (χ3v) is 6.80. The maximum absolute atomic E-state index is 13.3. The SMILES string of the molecule is COCCCn1c(C)cc(C(=O)CSc2nc3cc(C(=O)OC)ccc3c(=O)n2CC(C)C)c1C. The van der Waals surface area contributed by atoms with Gasteiger partial charge in [-0.3, -0.25) is 14.2 Å². The number of methoxy groups -OCH3 is 2. The highest BCUT2D eigenvalue weighted by atomic mass is 32.2. The minimum atomic E-state index is -0.495. The van der Waals surface area contributed by atoms with Gasteiger partial charge in [-0.1, -0.05) is 25.6 Å². The molecule has 0 saturated heterocycles. The van der Waals surface area contributed by atoms with Crippen LogP contribution in [0, 0.1) is 19.8 Å². The zero-order valence-corrected chi connectivity index (χ0v) is 22.0.